The first kappa shape index (κ1) is 12.9. The minimum Gasteiger partial charge on any atom is -0.318 e. The molecule has 0 aromatic heterocycles. The van der Waals surface area contributed by atoms with E-state index in [1.165, 1.54) is 12.5 Å². The average Bonchev–Trinajstić information content (AvgIpc) is 2.15. The van der Waals surface area contributed by atoms with Gasteiger partial charge in [-0.1, -0.05) is 39.0 Å². The second-order valence-corrected chi connectivity index (χ2v) is 5.41. The van der Waals surface area contributed by atoms with Crippen LogP contribution >= 0.6 is 0 Å². The fraction of sp³-hybridized carbons (Fsp3) is 0.500. The molecule has 0 amide bonds. The predicted molar refractivity (Wildman–Crippen MR) is 67.5 cm³/mol. The number of Topliss-reactive ketones (excluding diaryl/α,β-unsaturated/α-hetero) is 1. The van der Waals surface area contributed by atoms with E-state index in [0.717, 1.165) is 11.1 Å². The molecule has 1 rings (SSSR count). The van der Waals surface area contributed by atoms with Crippen molar-refractivity contribution in [3.8, 4) is 0 Å². The average molecular weight is 219 g/mol. The van der Waals surface area contributed by atoms with Crippen molar-refractivity contribution >= 4 is 5.78 Å². The van der Waals surface area contributed by atoms with Crippen LogP contribution in [0.3, 0.4) is 0 Å². The number of nitrogens with two attached hydrogens (primary N) is 1. The molecular weight excluding hydrogens is 198 g/mol. The third-order valence-electron chi connectivity index (χ3n) is 2.92. The van der Waals surface area contributed by atoms with Gasteiger partial charge < -0.3 is 5.73 Å². The number of benzene rings is 1. The summed E-state index contributed by atoms with van der Waals surface area (Å²) in [7, 11) is 0. The molecule has 0 saturated heterocycles. The Bertz CT molecular complexity index is 402. The van der Waals surface area contributed by atoms with Gasteiger partial charge in [0.2, 0.25) is 0 Å². The van der Waals surface area contributed by atoms with Crippen molar-refractivity contribution < 1.29 is 4.79 Å². The van der Waals surface area contributed by atoms with Crippen molar-refractivity contribution in [2.45, 2.75) is 46.1 Å². The highest BCUT2D eigenvalue weighted by Gasteiger charge is 2.18. The molecule has 0 spiro atoms. The van der Waals surface area contributed by atoms with Gasteiger partial charge in [0.1, 0.15) is 0 Å². The summed E-state index contributed by atoms with van der Waals surface area (Å²) in [5.74, 6) is 0.00848. The Balaban J connectivity index is 3.24. The molecule has 0 heterocycles. The summed E-state index contributed by atoms with van der Waals surface area (Å²) in [4.78, 5) is 11.3. The number of rotatable bonds is 2. The molecule has 1 aromatic rings. The molecule has 0 aliphatic heterocycles. The molecule has 16 heavy (non-hydrogen) atoms. The minimum atomic E-state index is -0.498. The zero-order valence-electron chi connectivity index (χ0n) is 10.8. The van der Waals surface area contributed by atoms with Crippen LogP contribution in [0.4, 0.5) is 0 Å². The molecular formula is C14H21NO. The van der Waals surface area contributed by atoms with E-state index in [1.54, 1.807) is 0 Å². The maximum atomic E-state index is 11.3. The van der Waals surface area contributed by atoms with Crippen LogP contribution in [0.15, 0.2) is 18.2 Å². The maximum Gasteiger partial charge on any atom is 0.150 e. The molecule has 0 aliphatic rings. The van der Waals surface area contributed by atoms with E-state index in [-0.39, 0.29) is 11.2 Å². The summed E-state index contributed by atoms with van der Waals surface area (Å²) >= 11 is 0. The van der Waals surface area contributed by atoms with Gasteiger partial charge in [0, 0.05) is 0 Å². The SMILES string of the molecule is CC(=O)C(N)c1cc(C(C)(C)C)ccc1C. The topological polar surface area (TPSA) is 43.1 Å². The van der Waals surface area contributed by atoms with Gasteiger partial charge in [-0.2, -0.15) is 0 Å². The van der Waals surface area contributed by atoms with E-state index in [0.29, 0.717) is 0 Å². The quantitative estimate of drug-likeness (QED) is 0.831. The summed E-state index contributed by atoms with van der Waals surface area (Å²) in [5, 5.41) is 0. The highest BCUT2D eigenvalue weighted by Crippen LogP contribution is 2.26. The smallest absolute Gasteiger partial charge is 0.150 e. The Hall–Kier alpha value is -1.15. The van der Waals surface area contributed by atoms with Gasteiger partial charge in [0.15, 0.2) is 5.78 Å². The Kier molecular flexibility index (Phi) is 3.54. The Morgan fingerprint density at radius 1 is 1.31 bits per heavy atom. The molecule has 0 saturated carbocycles. The van der Waals surface area contributed by atoms with E-state index in [9.17, 15) is 4.79 Å². The molecule has 2 nitrogen and oxygen atoms in total. The number of hydrogen-bond donors (Lipinski definition) is 1. The summed E-state index contributed by atoms with van der Waals surface area (Å²) in [6.07, 6.45) is 0. The molecule has 88 valence electrons. The van der Waals surface area contributed by atoms with Crippen molar-refractivity contribution in [1.82, 2.24) is 0 Å². The van der Waals surface area contributed by atoms with Crippen molar-refractivity contribution in [3.63, 3.8) is 0 Å². The first-order valence-electron chi connectivity index (χ1n) is 5.60. The highest BCUT2D eigenvalue weighted by atomic mass is 16.1. The lowest BCUT2D eigenvalue weighted by Crippen LogP contribution is -2.21. The first-order valence-corrected chi connectivity index (χ1v) is 5.60. The minimum absolute atomic E-state index is 0.00848. The Morgan fingerprint density at radius 2 is 1.88 bits per heavy atom. The zero-order valence-corrected chi connectivity index (χ0v) is 10.8. The van der Waals surface area contributed by atoms with Crippen LogP contribution in [0.25, 0.3) is 0 Å². The van der Waals surface area contributed by atoms with Crippen molar-refractivity contribution in [1.29, 1.82) is 0 Å². The third-order valence-corrected chi connectivity index (χ3v) is 2.92. The van der Waals surface area contributed by atoms with E-state index < -0.39 is 6.04 Å². The largest absolute Gasteiger partial charge is 0.318 e. The number of carbonyl (C=O) groups excluding carboxylic acids is 1. The Labute approximate surface area is 97.9 Å². The van der Waals surface area contributed by atoms with E-state index >= 15 is 0 Å². The molecule has 0 fully saturated rings. The van der Waals surface area contributed by atoms with Crippen LogP contribution in [-0.2, 0) is 10.2 Å². The second-order valence-electron chi connectivity index (χ2n) is 5.41. The van der Waals surface area contributed by atoms with Gasteiger partial charge >= 0.3 is 0 Å². The third kappa shape index (κ3) is 2.70. The van der Waals surface area contributed by atoms with E-state index in [1.807, 2.05) is 13.0 Å². The molecule has 0 bridgehead atoms. The predicted octanol–water partition coefficient (Wildman–Crippen LogP) is 2.88. The first-order chi connectivity index (χ1) is 7.23. The number of aryl methyl sites for hydroxylation is 1. The van der Waals surface area contributed by atoms with Crippen molar-refractivity contribution in [3.05, 3.63) is 34.9 Å². The molecule has 2 heteroatoms. The fourth-order valence-electron chi connectivity index (χ4n) is 1.66. The standard InChI is InChI=1S/C14H21NO/c1-9-6-7-11(14(3,4)5)8-12(9)13(15)10(2)16/h6-8,13H,15H2,1-5H3. The van der Waals surface area contributed by atoms with E-state index in [2.05, 4.69) is 32.9 Å². The van der Waals surface area contributed by atoms with Crippen LogP contribution in [-0.4, -0.2) is 5.78 Å². The summed E-state index contributed by atoms with van der Waals surface area (Å²) < 4.78 is 0. The fourth-order valence-corrected chi connectivity index (χ4v) is 1.66. The van der Waals surface area contributed by atoms with Crippen LogP contribution in [0.2, 0.25) is 0 Å². The zero-order chi connectivity index (χ0) is 12.5. The van der Waals surface area contributed by atoms with Crippen molar-refractivity contribution in [2.24, 2.45) is 5.73 Å². The summed E-state index contributed by atoms with van der Waals surface area (Å²) in [6.45, 7) is 9.99. The van der Waals surface area contributed by atoms with Crippen molar-refractivity contribution in [2.75, 3.05) is 0 Å². The molecule has 0 radical (unpaired) electrons. The molecule has 1 aromatic carbocycles. The number of hydrogen-bond acceptors (Lipinski definition) is 2. The molecule has 0 aliphatic carbocycles. The summed E-state index contributed by atoms with van der Waals surface area (Å²) in [5.41, 5.74) is 9.22. The highest BCUT2D eigenvalue weighted by molar-refractivity contribution is 5.83. The van der Waals surface area contributed by atoms with Gasteiger partial charge in [-0.25, -0.2) is 0 Å². The lowest BCUT2D eigenvalue weighted by molar-refractivity contribution is -0.118. The van der Waals surface area contributed by atoms with Gasteiger partial charge in [-0.3, -0.25) is 4.79 Å². The van der Waals surface area contributed by atoms with Crippen LogP contribution in [0, 0.1) is 6.92 Å². The lowest BCUT2D eigenvalue weighted by Gasteiger charge is -2.22. The number of ketones is 1. The lowest BCUT2D eigenvalue weighted by atomic mass is 9.84. The second kappa shape index (κ2) is 4.38. The van der Waals surface area contributed by atoms with Gasteiger partial charge in [0.05, 0.1) is 6.04 Å². The van der Waals surface area contributed by atoms with Crippen LogP contribution < -0.4 is 5.73 Å². The molecule has 1 atom stereocenters. The number of carbonyl (C=O) groups is 1. The van der Waals surface area contributed by atoms with Gasteiger partial charge in [-0.15, -0.1) is 0 Å². The van der Waals surface area contributed by atoms with Gasteiger partial charge in [-0.05, 0) is 36.0 Å². The molecule has 2 N–H and O–H groups in total. The van der Waals surface area contributed by atoms with Crippen LogP contribution in [0.1, 0.15) is 50.4 Å². The maximum absolute atomic E-state index is 11.3. The van der Waals surface area contributed by atoms with Crippen LogP contribution in [0.5, 0.6) is 0 Å². The Morgan fingerprint density at radius 3 is 2.31 bits per heavy atom. The normalized spacial score (nSPS) is 13.6. The van der Waals surface area contributed by atoms with Gasteiger partial charge in [0.25, 0.3) is 0 Å². The van der Waals surface area contributed by atoms with E-state index in [4.69, 9.17) is 5.73 Å². The molecule has 1 unspecified atom stereocenters. The summed E-state index contributed by atoms with van der Waals surface area (Å²) in [6, 6.07) is 5.70. The monoisotopic (exact) mass is 219 g/mol.